The van der Waals surface area contributed by atoms with Crippen LogP contribution in [-0.4, -0.2) is 66.1 Å². The van der Waals surface area contributed by atoms with Gasteiger partial charge in [-0.15, -0.1) is 11.3 Å². The smallest absolute Gasteiger partial charge is 0.303 e. The summed E-state index contributed by atoms with van der Waals surface area (Å²) in [6, 6.07) is 10.3. The van der Waals surface area contributed by atoms with Gasteiger partial charge in [0.2, 0.25) is 5.78 Å². The molecule has 1 aliphatic rings. The van der Waals surface area contributed by atoms with Crippen molar-refractivity contribution in [1.82, 2.24) is 0 Å². The molecule has 14 heteroatoms. The first-order valence-corrected chi connectivity index (χ1v) is 13.5. The van der Waals surface area contributed by atoms with Crippen LogP contribution in [-0.2, 0) is 42.9 Å². The molecule has 1 fully saturated rings. The number of hydrogen-bond donors (Lipinski definition) is 1. The van der Waals surface area contributed by atoms with Crippen molar-refractivity contribution in [3.63, 3.8) is 0 Å². The Kier molecular flexibility index (Phi) is 10.3. The highest BCUT2D eigenvalue weighted by Gasteiger charge is 2.52. The van der Waals surface area contributed by atoms with E-state index in [9.17, 15) is 29.2 Å². The van der Waals surface area contributed by atoms with Crippen molar-refractivity contribution >= 4 is 58.4 Å². The monoisotopic (exact) mass is 590 g/mol. The van der Waals surface area contributed by atoms with E-state index in [0.29, 0.717) is 5.56 Å². The zero-order chi connectivity index (χ0) is 29.6. The molecule has 0 bridgehead atoms. The van der Waals surface area contributed by atoms with Gasteiger partial charge in [0.15, 0.2) is 18.3 Å². The molecule has 212 valence electrons. The molecule has 40 heavy (non-hydrogen) atoms. The Morgan fingerprint density at radius 3 is 2.05 bits per heavy atom. The van der Waals surface area contributed by atoms with E-state index in [-0.39, 0.29) is 20.3 Å². The Morgan fingerprint density at radius 1 is 0.925 bits per heavy atom. The molecule has 5 atom stereocenters. The molecule has 0 radical (unpaired) electrons. The van der Waals surface area contributed by atoms with Crippen molar-refractivity contribution in [2.45, 2.75) is 61.8 Å². The molecule has 1 aliphatic heterocycles. The number of anilines is 1. The van der Waals surface area contributed by atoms with Gasteiger partial charge in [-0.1, -0.05) is 42.1 Å². The predicted molar refractivity (Wildman–Crippen MR) is 141 cm³/mol. The number of ketones is 1. The summed E-state index contributed by atoms with van der Waals surface area (Å²) >= 11 is 1.84. The van der Waals surface area contributed by atoms with Crippen molar-refractivity contribution in [1.29, 1.82) is 5.26 Å². The van der Waals surface area contributed by atoms with Crippen LogP contribution in [0.5, 0.6) is 0 Å². The Morgan fingerprint density at radius 2 is 1.50 bits per heavy atom. The van der Waals surface area contributed by atoms with E-state index < -0.39 is 66.1 Å². The van der Waals surface area contributed by atoms with Gasteiger partial charge >= 0.3 is 23.9 Å². The minimum absolute atomic E-state index is 0.00198. The average molecular weight is 591 g/mol. The summed E-state index contributed by atoms with van der Waals surface area (Å²) in [5.41, 5.74) is 5.35. The number of nitriles is 1. The number of rotatable bonds is 9. The number of carbonyl (C=O) groups excluding carboxylic acids is 5. The molecule has 1 aromatic carbocycles. The highest BCUT2D eigenvalue weighted by molar-refractivity contribution is 8.01. The van der Waals surface area contributed by atoms with Gasteiger partial charge in [0, 0.05) is 33.3 Å². The second kappa shape index (κ2) is 13.4. The molecule has 0 unspecified atom stereocenters. The van der Waals surface area contributed by atoms with Crippen molar-refractivity contribution in [3.05, 3.63) is 46.3 Å². The van der Waals surface area contributed by atoms with Crippen molar-refractivity contribution in [2.75, 3.05) is 12.3 Å². The summed E-state index contributed by atoms with van der Waals surface area (Å²) in [4.78, 5) is 60.8. The van der Waals surface area contributed by atoms with Gasteiger partial charge in [-0.3, -0.25) is 24.0 Å². The number of benzene rings is 1. The van der Waals surface area contributed by atoms with E-state index in [1.807, 2.05) is 6.07 Å². The molecule has 1 aromatic heterocycles. The number of carbonyl (C=O) groups is 5. The van der Waals surface area contributed by atoms with E-state index in [0.717, 1.165) is 43.9 Å². The van der Waals surface area contributed by atoms with Gasteiger partial charge in [-0.25, -0.2) is 0 Å². The van der Waals surface area contributed by atoms with E-state index >= 15 is 0 Å². The average Bonchev–Trinajstić information content (AvgIpc) is 3.20. The quantitative estimate of drug-likeness (QED) is 0.256. The highest BCUT2D eigenvalue weighted by atomic mass is 32.2. The SMILES string of the molecule is CC(=O)OC[C@H]1O[C@@H](Sc2sc(C(=O)c3ccccc3)c(N)c2C#N)[C@H](OC(C)=O)[C@@H](OC(C)=O)[C@@H]1OC(C)=O. The van der Waals surface area contributed by atoms with Crippen molar-refractivity contribution in [2.24, 2.45) is 0 Å². The molecule has 2 heterocycles. The normalized spacial score (nSPS) is 21.9. The third kappa shape index (κ3) is 7.38. The third-order valence-corrected chi connectivity index (χ3v) is 8.01. The summed E-state index contributed by atoms with van der Waals surface area (Å²) in [5.74, 6) is -3.34. The zero-order valence-electron chi connectivity index (χ0n) is 21.9. The maximum Gasteiger partial charge on any atom is 0.303 e. The largest absolute Gasteiger partial charge is 0.463 e. The number of thioether (sulfide) groups is 1. The van der Waals surface area contributed by atoms with Crippen LogP contribution in [0.3, 0.4) is 0 Å². The molecule has 0 aliphatic carbocycles. The lowest BCUT2D eigenvalue weighted by molar-refractivity contribution is -0.237. The fraction of sp³-hybridized carbons (Fsp3) is 0.385. The Hall–Kier alpha value is -3.93. The number of nitrogens with zero attached hydrogens (tertiary/aromatic N) is 1. The van der Waals surface area contributed by atoms with Crippen LogP contribution in [0.4, 0.5) is 5.69 Å². The van der Waals surface area contributed by atoms with Crippen LogP contribution < -0.4 is 5.73 Å². The van der Waals surface area contributed by atoms with Crippen LogP contribution in [0.25, 0.3) is 0 Å². The number of hydrogen-bond acceptors (Lipinski definition) is 14. The van der Waals surface area contributed by atoms with Crippen molar-refractivity contribution in [3.8, 4) is 6.07 Å². The molecule has 2 N–H and O–H groups in total. The molecule has 1 saturated heterocycles. The second-order valence-electron chi connectivity index (χ2n) is 8.50. The van der Waals surface area contributed by atoms with Gasteiger partial charge in [-0.05, 0) is 0 Å². The maximum atomic E-state index is 13.1. The fourth-order valence-corrected chi connectivity index (χ4v) is 6.51. The van der Waals surface area contributed by atoms with Gasteiger partial charge in [0.05, 0.1) is 9.90 Å². The molecule has 3 rings (SSSR count). The van der Waals surface area contributed by atoms with E-state index in [1.165, 1.54) is 6.92 Å². The second-order valence-corrected chi connectivity index (χ2v) is 10.9. The van der Waals surface area contributed by atoms with E-state index in [2.05, 4.69) is 0 Å². The van der Waals surface area contributed by atoms with E-state index in [1.54, 1.807) is 30.3 Å². The minimum atomic E-state index is -1.37. The van der Waals surface area contributed by atoms with Gasteiger partial charge in [0.25, 0.3) is 0 Å². The summed E-state index contributed by atoms with van der Waals surface area (Å²) < 4.78 is 27.7. The lowest BCUT2D eigenvalue weighted by atomic mass is 9.99. The Bertz CT molecular complexity index is 1340. The van der Waals surface area contributed by atoms with Crippen LogP contribution in [0.1, 0.15) is 48.5 Å². The molecule has 12 nitrogen and oxygen atoms in total. The minimum Gasteiger partial charge on any atom is -0.463 e. The summed E-state index contributed by atoms with van der Waals surface area (Å²) in [6.45, 7) is 4.13. The topological polar surface area (TPSA) is 181 Å². The van der Waals surface area contributed by atoms with Crippen LogP contribution in [0.2, 0.25) is 0 Å². The first-order chi connectivity index (χ1) is 18.9. The summed E-state index contributed by atoms with van der Waals surface area (Å²) in [5, 5.41) is 9.86. The molecule has 0 amide bonds. The fourth-order valence-electron chi connectivity index (χ4n) is 3.89. The predicted octanol–water partition coefficient (Wildman–Crippen LogP) is 2.61. The van der Waals surface area contributed by atoms with Gasteiger partial charge in [-0.2, -0.15) is 5.26 Å². The first kappa shape index (κ1) is 30.6. The molecule has 0 spiro atoms. The number of nitrogen functional groups attached to an aromatic ring is 1. The number of esters is 4. The van der Waals surface area contributed by atoms with E-state index in [4.69, 9.17) is 29.4 Å². The van der Waals surface area contributed by atoms with Crippen LogP contribution in [0, 0.1) is 11.3 Å². The summed E-state index contributed by atoms with van der Waals surface area (Å²) in [7, 11) is 0. The third-order valence-electron chi connectivity index (χ3n) is 5.44. The standard InChI is InChI=1S/C26H26N2O10S2/c1-12(29)34-11-18-21(35-13(2)30)22(36-14(3)31)23(37-15(4)32)25(38-18)40-26-17(10-27)19(28)24(39-26)20(33)16-8-6-5-7-9-16/h5-9,18,21-23,25H,11,28H2,1-4H3/t18-,21-,22+,23-,25+/m1/s1. The Balaban J connectivity index is 2.06. The van der Waals surface area contributed by atoms with Crippen molar-refractivity contribution < 1.29 is 47.7 Å². The highest BCUT2D eigenvalue weighted by Crippen LogP contribution is 2.44. The first-order valence-electron chi connectivity index (χ1n) is 11.8. The number of ether oxygens (including phenoxy) is 5. The van der Waals surface area contributed by atoms with Crippen LogP contribution in [0.15, 0.2) is 34.5 Å². The lowest BCUT2D eigenvalue weighted by Gasteiger charge is -2.44. The summed E-state index contributed by atoms with van der Waals surface area (Å²) in [6.07, 6.45) is -5.19. The van der Waals surface area contributed by atoms with Gasteiger partial charge in [0.1, 0.15) is 34.7 Å². The maximum absolute atomic E-state index is 13.1. The molecular formula is C26H26N2O10S2. The zero-order valence-corrected chi connectivity index (χ0v) is 23.5. The molecular weight excluding hydrogens is 564 g/mol. The number of thiophene rings is 1. The molecule has 2 aromatic rings. The molecule has 0 saturated carbocycles. The van der Waals surface area contributed by atoms with Crippen LogP contribution >= 0.6 is 23.1 Å². The van der Waals surface area contributed by atoms with Gasteiger partial charge < -0.3 is 29.4 Å². The lowest BCUT2D eigenvalue weighted by Crippen LogP contribution is -2.61. The Labute approximate surface area is 237 Å². The number of nitrogens with two attached hydrogens (primary N) is 1.